The summed E-state index contributed by atoms with van der Waals surface area (Å²) < 4.78 is 45.7. The van der Waals surface area contributed by atoms with E-state index in [0.29, 0.717) is 5.71 Å². The molecule has 0 unspecified atom stereocenters. The predicted octanol–water partition coefficient (Wildman–Crippen LogP) is 12.5. The summed E-state index contributed by atoms with van der Waals surface area (Å²) >= 11 is 0. The number of benzene rings is 5. The van der Waals surface area contributed by atoms with E-state index < -0.39 is 20.8 Å². The van der Waals surface area contributed by atoms with Gasteiger partial charge in [0, 0.05) is 53.6 Å². The zero-order valence-corrected chi connectivity index (χ0v) is 35.9. The van der Waals surface area contributed by atoms with Crippen LogP contribution in [0.4, 0.5) is 0 Å². The van der Waals surface area contributed by atoms with Crippen LogP contribution in [-0.2, 0) is 20.1 Å². The minimum absolute atomic E-state index is 0. The molecule has 5 aromatic heterocycles. The first kappa shape index (κ1) is 33.5. The molecule has 0 fully saturated rings. The second-order valence-corrected chi connectivity index (χ2v) is 20.4. The Morgan fingerprint density at radius 2 is 1.58 bits per heavy atom. The van der Waals surface area contributed by atoms with Gasteiger partial charge in [0.05, 0.1) is 36.2 Å². The van der Waals surface area contributed by atoms with Gasteiger partial charge < -0.3 is 18.4 Å². The summed E-state index contributed by atoms with van der Waals surface area (Å²) in [5.74, 6) is 0.0249. The van der Waals surface area contributed by atoms with Crippen LogP contribution < -0.4 is 5.19 Å². The molecule has 57 heavy (non-hydrogen) atoms. The van der Waals surface area contributed by atoms with Crippen molar-refractivity contribution in [2.45, 2.75) is 53.2 Å². The first-order chi connectivity index (χ1) is 28.6. The summed E-state index contributed by atoms with van der Waals surface area (Å²) in [5.41, 5.74) is 10.2. The maximum absolute atomic E-state index is 8.48. The van der Waals surface area contributed by atoms with Gasteiger partial charge in [-0.25, -0.2) is 4.98 Å². The third-order valence-corrected chi connectivity index (χ3v) is 12.2. The molecule has 0 aliphatic rings. The molecule has 0 aliphatic carbocycles. The second kappa shape index (κ2) is 15.0. The number of hydrogen-bond donors (Lipinski definition) is 0. The maximum atomic E-state index is 8.48. The van der Waals surface area contributed by atoms with Crippen molar-refractivity contribution in [2.24, 2.45) is 0 Å². The van der Waals surface area contributed by atoms with Crippen LogP contribution >= 0.6 is 0 Å². The van der Waals surface area contributed by atoms with E-state index in [9.17, 15) is 0 Å². The Morgan fingerprint density at radius 1 is 0.789 bits per heavy atom. The van der Waals surface area contributed by atoms with E-state index in [1.165, 1.54) is 11.3 Å². The third kappa shape index (κ3) is 6.92. The molecule has 10 aromatic rings. The van der Waals surface area contributed by atoms with Crippen molar-refractivity contribution in [3.63, 3.8) is 0 Å². The summed E-state index contributed by atoms with van der Waals surface area (Å²) in [6.45, 7) is 10.3. The van der Waals surface area contributed by atoms with E-state index in [0.717, 1.165) is 88.9 Å². The van der Waals surface area contributed by atoms with Gasteiger partial charge >= 0.3 is 0 Å². The van der Waals surface area contributed by atoms with Crippen LogP contribution in [0.2, 0.25) is 19.6 Å². The van der Waals surface area contributed by atoms with Gasteiger partial charge in [0.15, 0.2) is 5.58 Å². The zero-order valence-electron chi connectivity index (χ0n) is 36.5. The van der Waals surface area contributed by atoms with Crippen LogP contribution in [0, 0.1) is 25.9 Å². The van der Waals surface area contributed by atoms with Gasteiger partial charge in [0.2, 0.25) is 5.71 Å². The molecule has 0 aliphatic heterocycles. The number of pyridine rings is 2. The Kier molecular flexibility index (Phi) is 8.82. The van der Waals surface area contributed by atoms with Crippen LogP contribution in [0.5, 0.6) is 0 Å². The molecule has 8 heteroatoms. The maximum Gasteiger partial charge on any atom is 0.216 e. The standard InChI is InChI=1S/C31H18N3O2.C18H24NSi.Ir/c1-18-16-17-22-21-9-6-11-23(28(21)36-31(22)32-18)30-33-24-12-3-4-13-25(24)34(30)26-14-7-10-20-19-8-2-5-15-27(19)35-29(20)26;1-13(2)16-11-17(15-9-7-14(3)8-10-15)19-12-18(16)20(4,5)6;/h2-10,12-17H,1H3;7-9,11-13H,1-6H3;/q2*-1;/i;3D3,13D;. The summed E-state index contributed by atoms with van der Waals surface area (Å²) in [6, 6.07) is 43.8. The van der Waals surface area contributed by atoms with Crippen molar-refractivity contribution in [3.8, 4) is 28.3 Å². The number of hydrogen-bond acceptors (Lipinski definition) is 5. The van der Waals surface area contributed by atoms with Crippen LogP contribution in [0.1, 0.15) is 42.0 Å². The summed E-state index contributed by atoms with van der Waals surface area (Å²) in [4.78, 5) is 14.2. The Bertz CT molecular complexity index is 3250. The minimum Gasteiger partial charge on any atom is -0.486 e. The van der Waals surface area contributed by atoms with Gasteiger partial charge in [-0.1, -0.05) is 105 Å². The number of furan rings is 2. The predicted molar refractivity (Wildman–Crippen MR) is 233 cm³/mol. The average Bonchev–Trinajstić information content (AvgIpc) is 3.91. The number of imidazole rings is 1. The summed E-state index contributed by atoms with van der Waals surface area (Å²) in [6.07, 6.45) is 1.89. The number of nitrogens with zero attached hydrogens (tertiary/aromatic N) is 4. The molecule has 6 nitrogen and oxygen atoms in total. The number of rotatable bonds is 5. The molecule has 0 N–H and O–H groups in total. The first-order valence-corrected chi connectivity index (χ1v) is 22.2. The van der Waals surface area contributed by atoms with Gasteiger partial charge in [0.25, 0.3) is 0 Å². The molecule has 0 saturated heterocycles. The van der Waals surface area contributed by atoms with Crippen molar-refractivity contribution in [1.29, 1.82) is 0 Å². The van der Waals surface area contributed by atoms with E-state index in [1.54, 1.807) is 12.1 Å². The van der Waals surface area contributed by atoms with Crippen LogP contribution in [0.25, 0.3) is 83.4 Å². The van der Waals surface area contributed by atoms with Crippen molar-refractivity contribution in [1.82, 2.24) is 19.5 Å². The SMILES string of the molecule is Cc1ccc2c(n1)oc1c(-c3nc4ccccc4n3-c3cccc4c3oc3ccccc34)[c-]ccc12.[2H]C([2H])([2H])c1c[c-]c(-c2cc(C([2H])(C)C)c([Si](C)(C)C)cn2)cc1.[Ir]. The Morgan fingerprint density at radius 3 is 2.37 bits per heavy atom. The minimum atomic E-state index is -2.13. The fraction of sp³-hybridized carbons (Fsp3) is 0.163. The fourth-order valence-electron chi connectivity index (χ4n) is 7.42. The molecule has 0 amide bonds. The molecule has 0 bridgehead atoms. The van der Waals surface area contributed by atoms with E-state index in [4.69, 9.17) is 19.3 Å². The molecule has 5 aromatic carbocycles. The smallest absolute Gasteiger partial charge is 0.216 e. The van der Waals surface area contributed by atoms with Crippen molar-refractivity contribution in [2.75, 3.05) is 0 Å². The molecular formula is C49H42IrN4O2Si-2. The Hall–Kier alpha value is -5.66. The van der Waals surface area contributed by atoms with Gasteiger partial charge in [-0.15, -0.1) is 53.6 Å². The Labute approximate surface area is 352 Å². The largest absolute Gasteiger partial charge is 0.486 e. The van der Waals surface area contributed by atoms with Crippen LogP contribution in [-0.4, -0.2) is 27.6 Å². The topological polar surface area (TPSA) is 69.9 Å². The molecule has 1 radical (unpaired) electrons. The molecule has 0 saturated carbocycles. The van der Waals surface area contributed by atoms with E-state index in [-0.39, 0.29) is 25.7 Å². The van der Waals surface area contributed by atoms with Gasteiger partial charge in [0.1, 0.15) is 5.58 Å². The third-order valence-electron chi connectivity index (χ3n) is 10.2. The fourth-order valence-corrected chi connectivity index (χ4v) is 9.01. The van der Waals surface area contributed by atoms with Crippen LogP contribution in [0.15, 0.2) is 130 Å². The molecule has 0 spiro atoms. The first-order valence-electron chi connectivity index (χ1n) is 20.7. The van der Waals surface area contributed by atoms with E-state index in [1.807, 2.05) is 87.6 Å². The van der Waals surface area contributed by atoms with Gasteiger partial charge in [-0.05, 0) is 60.1 Å². The van der Waals surface area contributed by atoms with E-state index >= 15 is 0 Å². The number of para-hydroxylation sites is 4. The van der Waals surface area contributed by atoms with E-state index in [2.05, 4.69) is 82.7 Å². The average molecular weight is 943 g/mol. The van der Waals surface area contributed by atoms with Crippen molar-refractivity contribution < 1.29 is 34.4 Å². The number of aryl methyl sites for hydroxylation is 2. The molecule has 5 heterocycles. The number of aromatic nitrogens is 4. The Balaban J connectivity index is 0.000000181. The second-order valence-electron chi connectivity index (χ2n) is 15.4. The summed E-state index contributed by atoms with van der Waals surface area (Å²) in [7, 11) is -1.61. The van der Waals surface area contributed by atoms with Gasteiger partial charge in [-0.3, -0.25) is 4.98 Å². The number of fused-ring (bicyclic) bond motifs is 7. The quantitative estimate of drug-likeness (QED) is 0.127. The summed E-state index contributed by atoms with van der Waals surface area (Å²) in [5, 5.41) is 5.32. The molecule has 0 atom stereocenters. The van der Waals surface area contributed by atoms with Crippen molar-refractivity contribution >= 4 is 68.3 Å². The van der Waals surface area contributed by atoms with Crippen LogP contribution in [0.3, 0.4) is 0 Å². The van der Waals surface area contributed by atoms with Gasteiger partial charge in [-0.2, -0.15) is 0 Å². The van der Waals surface area contributed by atoms with Crippen molar-refractivity contribution in [3.05, 3.63) is 150 Å². The molecule has 10 rings (SSSR count). The monoisotopic (exact) mass is 943 g/mol. The zero-order chi connectivity index (χ0) is 42.1. The normalized spacial score (nSPS) is 13.2. The molecule has 285 valence electrons. The molecular weight excluding hydrogens is 897 g/mol.